The van der Waals surface area contributed by atoms with Crippen LogP contribution < -0.4 is 16.4 Å². The van der Waals surface area contributed by atoms with E-state index in [9.17, 15) is 8.78 Å². The fourth-order valence-corrected chi connectivity index (χ4v) is 2.18. The number of rotatable bonds is 5. The van der Waals surface area contributed by atoms with Crippen molar-refractivity contribution in [1.82, 2.24) is 10.2 Å². The van der Waals surface area contributed by atoms with Crippen LogP contribution in [0.15, 0.2) is 35.5 Å². The van der Waals surface area contributed by atoms with Crippen LogP contribution in [0.1, 0.15) is 19.8 Å². The van der Waals surface area contributed by atoms with Crippen LogP contribution in [0.5, 0.6) is 0 Å². The van der Waals surface area contributed by atoms with Gasteiger partial charge in [0.15, 0.2) is 0 Å². The van der Waals surface area contributed by atoms with E-state index in [1.165, 1.54) is 18.2 Å². The molecule has 23 heavy (non-hydrogen) atoms. The Morgan fingerprint density at radius 3 is 2.61 bits per heavy atom. The molecular formula is C16H23F2N5. The van der Waals surface area contributed by atoms with Gasteiger partial charge in [-0.25, -0.2) is 13.8 Å². The Labute approximate surface area is 135 Å². The molecule has 7 heteroatoms. The number of benzene rings is 1. The largest absolute Gasteiger partial charge is 0.333 e. The van der Waals surface area contributed by atoms with Crippen molar-refractivity contribution in [2.45, 2.75) is 31.5 Å². The molecule has 2 rings (SSSR count). The van der Waals surface area contributed by atoms with Gasteiger partial charge in [0.2, 0.25) is 5.96 Å². The number of nitrogens with zero attached hydrogens (tertiary/aromatic N) is 2. The fraction of sp³-hybridized carbons (Fsp3) is 0.438. The summed E-state index contributed by atoms with van der Waals surface area (Å²) in [6.45, 7) is 2.10. The molecule has 4 N–H and O–H groups in total. The molecule has 0 saturated heterocycles. The maximum atomic E-state index is 13.7. The van der Waals surface area contributed by atoms with Crippen molar-refractivity contribution in [3.63, 3.8) is 0 Å². The van der Waals surface area contributed by atoms with Gasteiger partial charge in [-0.2, -0.15) is 0 Å². The van der Waals surface area contributed by atoms with Crippen molar-refractivity contribution < 1.29 is 8.78 Å². The van der Waals surface area contributed by atoms with Crippen LogP contribution >= 0.6 is 0 Å². The highest BCUT2D eigenvalue weighted by atomic mass is 19.1. The number of hydrogen-bond acceptors (Lipinski definition) is 5. The van der Waals surface area contributed by atoms with Crippen LogP contribution in [-0.2, 0) is 0 Å². The van der Waals surface area contributed by atoms with E-state index in [2.05, 4.69) is 27.4 Å². The molecule has 0 spiro atoms. The van der Waals surface area contributed by atoms with Crippen LogP contribution in [-0.4, -0.2) is 36.7 Å². The zero-order chi connectivity index (χ0) is 17.0. The van der Waals surface area contributed by atoms with Crippen molar-refractivity contribution in [3.8, 4) is 0 Å². The SMILES string of the molecule is CC(CCC1(N)C=CNC(Nc2c(F)cccc2F)=N1)N(C)C. The first kappa shape index (κ1) is 17.4. The molecule has 1 aliphatic rings. The number of nitrogens with one attached hydrogen (secondary N) is 2. The van der Waals surface area contributed by atoms with Crippen molar-refractivity contribution in [2.75, 3.05) is 19.4 Å². The van der Waals surface area contributed by atoms with E-state index in [1.807, 2.05) is 14.1 Å². The lowest BCUT2D eigenvalue weighted by atomic mass is 10.0. The summed E-state index contributed by atoms with van der Waals surface area (Å²) in [5.41, 5.74) is 5.11. The highest BCUT2D eigenvalue weighted by molar-refractivity contribution is 5.95. The normalized spacial score (nSPS) is 21.8. The van der Waals surface area contributed by atoms with E-state index in [0.717, 1.165) is 6.42 Å². The number of nitrogens with two attached hydrogens (primary N) is 1. The number of hydrogen-bond donors (Lipinski definition) is 3. The molecular weight excluding hydrogens is 300 g/mol. The summed E-state index contributed by atoms with van der Waals surface area (Å²) < 4.78 is 27.4. The molecule has 5 nitrogen and oxygen atoms in total. The average molecular weight is 323 g/mol. The smallest absolute Gasteiger partial charge is 0.202 e. The van der Waals surface area contributed by atoms with Crippen molar-refractivity contribution in [3.05, 3.63) is 42.1 Å². The number of para-hydroxylation sites is 1. The van der Waals surface area contributed by atoms with Gasteiger partial charge in [-0.3, -0.25) is 0 Å². The molecule has 0 aliphatic carbocycles. The Kier molecular flexibility index (Phi) is 5.33. The summed E-state index contributed by atoms with van der Waals surface area (Å²) in [7, 11) is 4.01. The molecule has 0 fully saturated rings. The summed E-state index contributed by atoms with van der Waals surface area (Å²) >= 11 is 0. The quantitative estimate of drug-likeness (QED) is 0.777. The van der Waals surface area contributed by atoms with E-state index >= 15 is 0 Å². The summed E-state index contributed by atoms with van der Waals surface area (Å²) in [6.07, 6.45) is 4.85. The Hall–Kier alpha value is -1.99. The Balaban J connectivity index is 2.10. The highest BCUT2D eigenvalue weighted by Crippen LogP contribution is 2.21. The second-order valence-electron chi connectivity index (χ2n) is 6.00. The standard InChI is InChI=1S/C16H23F2N5/c1-11(23(2)3)7-8-16(19)9-10-20-15(22-16)21-14-12(17)5-4-6-13(14)18/h4-6,9-11H,7-8,19H2,1-3H3,(H2,20,21,22). The maximum Gasteiger partial charge on any atom is 0.202 e. The van der Waals surface area contributed by atoms with E-state index in [4.69, 9.17) is 5.73 Å². The zero-order valence-corrected chi connectivity index (χ0v) is 13.6. The molecule has 0 saturated carbocycles. The molecule has 2 atom stereocenters. The van der Waals surface area contributed by atoms with Gasteiger partial charge in [0.05, 0.1) is 0 Å². The van der Waals surface area contributed by atoms with Crippen LogP contribution in [0.3, 0.4) is 0 Å². The van der Waals surface area contributed by atoms with Crippen molar-refractivity contribution >= 4 is 11.6 Å². The minimum Gasteiger partial charge on any atom is -0.333 e. The monoisotopic (exact) mass is 323 g/mol. The third-order valence-corrected chi connectivity index (χ3v) is 3.96. The first-order valence-electron chi connectivity index (χ1n) is 7.51. The predicted octanol–water partition coefficient (Wildman–Crippen LogP) is 2.23. The number of anilines is 1. The summed E-state index contributed by atoms with van der Waals surface area (Å²) in [4.78, 5) is 6.46. The van der Waals surface area contributed by atoms with E-state index in [1.54, 1.807) is 12.3 Å². The van der Waals surface area contributed by atoms with Crippen LogP contribution in [0.2, 0.25) is 0 Å². The predicted molar refractivity (Wildman–Crippen MR) is 89.0 cm³/mol. The van der Waals surface area contributed by atoms with Crippen LogP contribution in [0.25, 0.3) is 0 Å². The minimum absolute atomic E-state index is 0.219. The van der Waals surface area contributed by atoms with Gasteiger partial charge >= 0.3 is 0 Å². The summed E-state index contributed by atoms with van der Waals surface area (Å²) in [5, 5.41) is 5.45. The van der Waals surface area contributed by atoms with E-state index in [-0.39, 0.29) is 11.6 Å². The first-order valence-corrected chi connectivity index (χ1v) is 7.51. The number of halogens is 2. The molecule has 2 unspecified atom stereocenters. The lowest BCUT2D eigenvalue weighted by Crippen LogP contribution is -2.45. The minimum atomic E-state index is -0.903. The Bertz CT molecular complexity index is 594. The van der Waals surface area contributed by atoms with Gasteiger partial charge in [-0.15, -0.1) is 0 Å². The summed E-state index contributed by atoms with van der Waals surface area (Å²) in [6, 6.07) is 4.02. The number of aliphatic imine (C=N–C) groups is 1. The lowest BCUT2D eigenvalue weighted by Gasteiger charge is -2.29. The lowest BCUT2D eigenvalue weighted by molar-refractivity contribution is 0.278. The molecule has 1 aliphatic heterocycles. The van der Waals surface area contributed by atoms with Gasteiger partial charge in [0.1, 0.15) is 23.0 Å². The van der Waals surface area contributed by atoms with E-state index in [0.29, 0.717) is 12.5 Å². The van der Waals surface area contributed by atoms with Crippen molar-refractivity contribution in [2.24, 2.45) is 10.7 Å². The van der Waals surface area contributed by atoms with E-state index < -0.39 is 17.3 Å². The topological polar surface area (TPSA) is 65.7 Å². The second-order valence-corrected chi connectivity index (χ2v) is 6.00. The van der Waals surface area contributed by atoms with Gasteiger partial charge in [-0.1, -0.05) is 6.07 Å². The first-order chi connectivity index (χ1) is 10.8. The molecule has 126 valence electrons. The average Bonchev–Trinajstić information content (AvgIpc) is 2.49. The van der Waals surface area contributed by atoms with Gasteiger partial charge in [0, 0.05) is 12.2 Å². The van der Waals surface area contributed by atoms with Gasteiger partial charge in [-0.05, 0) is 52.1 Å². The molecule has 0 radical (unpaired) electrons. The second kappa shape index (κ2) is 7.06. The molecule has 1 aromatic carbocycles. The molecule has 0 amide bonds. The van der Waals surface area contributed by atoms with Crippen LogP contribution in [0, 0.1) is 11.6 Å². The number of guanidine groups is 1. The third kappa shape index (κ3) is 4.49. The Morgan fingerprint density at radius 2 is 2.00 bits per heavy atom. The van der Waals surface area contributed by atoms with Gasteiger partial charge in [0.25, 0.3) is 0 Å². The fourth-order valence-electron chi connectivity index (χ4n) is 2.18. The van der Waals surface area contributed by atoms with Crippen LogP contribution in [0.4, 0.5) is 14.5 Å². The highest BCUT2D eigenvalue weighted by Gasteiger charge is 2.25. The molecule has 0 aromatic heterocycles. The molecule has 1 heterocycles. The third-order valence-electron chi connectivity index (χ3n) is 3.96. The van der Waals surface area contributed by atoms with Gasteiger partial charge < -0.3 is 21.3 Å². The Morgan fingerprint density at radius 1 is 1.35 bits per heavy atom. The summed E-state index contributed by atoms with van der Waals surface area (Å²) in [5.74, 6) is -1.16. The molecule has 0 bridgehead atoms. The zero-order valence-electron chi connectivity index (χ0n) is 13.6. The van der Waals surface area contributed by atoms with Crippen molar-refractivity contribution in [1.29, 1.82) is 0 Å². The molecule has 1 aromatic rings. The maximum absolute atomic E-state index is 13.7.